The van der Waals surface area contributed by atoms with E-state index in [0.29, 0.717) is 0 Å². The molecule has 0 heterocycles. The van der Waals surface area contributed by atoms with Gasteiger partial charge in [0.2, 0.25) is 5.91 Å². The normalized spacial score (nSPS) is 13.0. The average Bonchev–Trinajstić information content (AvgIpc) is 2.13. The third-order valence-electron chi connectivity index (χ3n) is 1.96. The minimum Gasteiger partial charge on any atom is -0.351 e. The van der Waals surface area contributed by atoms with Gasteiger partial charge in [-0.05, 0) is 20.0 Å². The Morgan fingerprint density at radius 1 is 1.46 bits per heavy atom. The van der Waals surface area contributed by atoms with Gasteiger partial charge in [0, 0.05) is 12.6 Å². The van der Waals surface area contributed by atoms with Crippen LogP contribution >= 0.6 is 11.6 Å². The molecule has 0 fully saturated rings. The average molecular weight is 207 g/mol. The summed E-state index contributed by atoms with van der Waals surface area (Å²) in [6.07, 6.45) is 0. The molecule has 0 aromatic heterocycles. The van der Waals surface area contributed by atoms with Crippen molar-refractivity contribution in [2.24, 2.45) is 0 Å². The maximum atomic E-state index is 10.9. The van der Waals surface area contributed by atoms with Crippen LogP contribution in [0.4, 0.5) is 0 Å². The summed E-state index contributed by atoms with van der Waals surface area (Å²) >= 11 is 5.37. The van der Waals surface area contributed by atoms with Crippen LogP contribution in [-0.4, -0.2) is 42.4 Å². The molecule has 0 aromatic rings. The van der Waals surface area contributed by atoms with Crippen molar-refractivity contribution in [2.75, 3.05) is 25.5 Å². The van der Waals surface area contributed by atoms with E-state index in [4.69, 9.17) is 11.6 Å². The molecule has 0 radical (unpaired) electrons. The van der Waals surface area contributed by atoms with Crippen LogP contribution in [0, 0.1) is 0 Å². The van der Waals surface area contributed by atoms with Gasteiger partial charge in [-0.1, -0.05) is 13.8 Å². The molecule has 3 nitrogen and oxygen atoms in total. The van der Waals surface area contributed by atoms with Gasteiger partial charge in [-0.15, -0.1) is 11.6 Å². The third kappa shape index (κ3) is 5.88. The van der Waals surface area contributed by atoms with Gasteiger partial charge < -0.3 is 10.2 Å². The highest BCUT2D eigenvalue weighted by atomic mass is 35.5. The standard InChI is InChI=1S/C9H19ClN2O/c1-4-12(5-2)7-8(3)11-9(13)6-10/h8H,4-7H2,1-3H3,(H,11,13). The van der Waals surface area contributed by atoms with Gasteiger partial charge >= 0.3 is 0 Å². The van der Waals surface area contributed by atoms with E-state index in [1.807, 2.05) is 6.92 Å². The van der Waals surface area contributed by atoms with E-state index in [1.165, 1.54) is 0 Å². The maximum Gasteiger partial charge on any atom is 0.235 e. The summed E-state index contributed by atoms with van der Waals surface area (Å²) in [6.45, 7) is 9.12. The zero-order valence-electron chi connectivity index (χ0n) is 8.64. The zero-order valence-corrected chi connectivity index (χ0v) is 9.40. The minimum atomic E-state index is -0.0960. The van der Waals surface area contributed by atoms with Crippen molar-refractivity contribution >= 4 is 17.5 Å². The number of carbonyl (C=O) groups is 1. The van der Waals surface area contributed by atoms with E-state index in [9.17, 15) is 4.79 Å². The SMILES string of the molecule is CCN(CC)CC(C)NC(=O)CCl. The number of halogens is 1. The molecule has 1 amide bonds. The zero-order chi connectivity index (χ0) is 10.3. The Labute approximate surface area is 85.4 Å². The molecular weight excluding hydrogens is 188 g/mol. The highest BCUT2D eigenvalue weighted by Gasteiger charge is 2.08. The van der Waals surface area contributed by atoms with E-state index in [-0.39, 0.29) is 17.8 Å². The van der Waals surface area contributed by atoms with Crippen LogP contribution < -0.4 is 5.32 Å². The first kappa shape index (κ1) is 12.7. The second-order valence-electron chi connectivity index (χ2n) is 3.09. The van der Waals surface area contributed by atoms with Gasteiger partial charge in [-0.2, -0.15) is 0 Å². The lowest BCUT2D eigenvalue weighted by Gasteiger charge is -2.23. The molecule has 0 saturated heterocycles. The molecule has 0 spiro atoms. The number of rotatable bonds is 6. The van der Waals surface area contributed by atoms with Gasteiger partial charge in [-0.25, -0.2) is 0 Å². The molecule has 1 N–H and O–H groups in total. The van der Waals surface area contributed by atoms with Crippen molar-refractivity contribution in [3.05, 3.63) is 0 Å². The predicted octanol–water partition coefficient (Wildman–Crippen LogP) is 1.07. The lowest BCUT2D eigenvalue weighted by Crippen LogP contribution is -2.42. The molecular formula is C9H19ClN2O. The summed E-state index contributed by atoms with van der Waals surface area (Å²) < 4.78 is 0. The third-order valence-corrected chi connectivity index (χ3v) is 2.20. The predicted molar refractivity (Wildman–Crippen MR) is 56.1 cm³/mol. The monoisotopic (exact) mass is 206 g/mol. The Kier molecular flexibility index (Phi) is 7.00. The molecule has 0 aliphatic rings. The fraction of sp³-hybridized carbons (Fsp3) is 0.889. The second kappa shape index (κ2) is 7.15. The Morgan fingerprint density at radius 2 is 2.00 bits per heavy atom. The van der Waals surface area contributed by atoms with Crippen molar-refractivity contribution in [3.63, 3.8) is 0 Å². The first-order valence-electron chi connectivity index (χ1n) is 4.71. The summed E-state index contributed by atoms with van der Waals surface area (Å²) in [6, 6.07) is 0.172. The quantitative estimate of drug-likeness (QED) is 0.660. The Bertz CT molecular complexity index is 149. The molecule has 0 saturated carbocycles. The number of nitrogens with zero attached hydrogens (tertiary/aromatic N) is 1. The van der Waals surface area contributed by atoms with Gasteiger partial charge in [-0.3, -0.25) is 4.79 Å². The molecule has 0 aliphatic heterocycles. The fourth-order valence-electron chi connectivity index (χ4n) is 1.23. The molecule has 0 aliphatic carbocycles. The molecule has 13 heavy (non-hydrogen) atoms. The number of amides is 1. The summed E-state index contributed by atoms with van der Waals surface area (Å²) in [4.78, 5) is 13.2. The number of hydrogen-bond donors (Lipinski definition) is 1. The van der Waals surface area contributed by atoms with Crippen LogP contribution in [-0.2, 0) is 4.79 Å². The fourth-order valence-corrected chi connectivity index (χ4v) is 1.31. The lowest BCUT2D eigenvalue weighted by atomic mass is 10.3. The molecule has 1 unspecified atom stereocenters. The Hall–Kier alpha value is -0.280. The number of alkyl halides is 1. The van der Waals surface area contributed by atoms with E-state index in [2.05, 4.69) is 24.1 Å². The number of hydrogen-bond acceptors (Lipinski definition) is 2. The van der Waals surface area contributed by atoms with Crippen molar-refractivity contribution in [2.45, 2.75) is 26.8 Å². The number of carbonyl (C=O) groups excluding carboxylic acids is 1. The minimum absolute atomic E-state index is 0.0442. The number of likely N-dealkylation sites (N-methyl/N-ethyl adjacent to an activating group) is 1. The first-order valence-corrected chi connectivity index (χ1v) is 5.25. The van der Waals surface area contributed by atoms with Gasteiger partial charge in [0.25, 0.3) is 0 Å². The maximum absolute atomic E-state index is 10.9. The van der Waals surface area contributed by atoms with Crippen LogP contribution in [0.3, 0.4) is 0 Å². The van der Waals surface area contributed by atoms with Crippen LogP contribution in [0.1, 0.15) is 20.8 Å². The summed E-state index contributed by atoms with van der Waals surface area (Å²) in [5.41, 5.74) is 0. The van der Waals surface area contributed by atoms with E-state index in [0.717, 1.165) is 19.6 Å². The van der Waals surface area contributed by atoms with E-state index < -0.39 is 0 Å². The highest BCUT2D eigenvalue weighted by Crippen LogP contribution is 1.91. The molecule has 0 bridgehead atoms. The van der Waals surface area contributed by atoms with Crippen LogP contribution in [0.25, 0.3) is 0 Å². The van der Waals surface area contributed by atoms with Crippen molar-refractivity contribution in [3.8, 4) is 0 Å². The molecule has 78 valence electrons. The number of nitrogens with one attached hydrogen (secondary N) is 1. The largest absolute Gasteiger partial charge is 0.351 e. The van der Waals surface area contributed by atoms with Crippen LogP contribution in [0.15, 0.2) is 0 Å². The summed E-state index contributed by atoms with van der Waals surface area (Å²) in [5, 5.41) is 2.82. The van der Waals surface area contributed by atoms with E-state index >= 15 is 0 Å². The molecule has 4 heteroatoms. The van der Waals surface area contributed by atoms with Crippen molar-refractivity contribution < 1.29 is 4.79 Å². The van der Waals surface area contributed by atoms with Gasteiger partial charge in [0.1, 0.15) is 5.88 Å². The lowest BCUT2D eigenvalue weighted by molar-refractivity contribution is -0.119. The first-order chi connectivity index (χ1) is 6.13. The summed E-state index contributed by atoms with van der Waals surface area (Å²) in [5.74, 6) is -0.0518. The second-order valence-corrected chi connectivity index (χ2v) is 3.36. The Balaban J connectivity index is 3.71. The molecule has 0 aromatic carbocycles. The van der Waals surface area contributed by atoms with Crippen molar-refractivity contribution in [1.82, 2.24) is 10.2 Å². The smallest absolute Gasteiger partial charge is 0.235 e. The highest BCUT2D eigenvalue weighted by molar-refractivity contribution is 6.27. The molecule has 1 atom stereocenters. The van der Waals surface area contributed by atoms with Gasteiger partial charge in [0.15, 0.2) is 0 Å². The molecule has 0 rings (SSSR count). The van der Waals surface area contributed by atoms with Crippen molar-refractivity contribution in [1.29, 1.82) is 0 Å². The van der Waals surface area contributed by atoms with Crippen LogP contribution in [0.2, 0.25) is 0 Å². The summed E-state index contributed by atoms with van der Waals surface area (Å²) in [7, 11) is 0. The Morgan fingerprint density at radius 3 is 2.38 bits per heavy atom. The van der Waals surface area contributed by atoms with Crippen LogP contribution in [0.5, 0.6) is 0 Å². The van der Waals surface area contributed by atoms with Gasteiger partial charge in [0.05, 0.1) is 0 Å². The topological polar surface area (TPSA) is 32.3 Å². The van der Waals surface area contributed by atoms with E-state index in [1.54, 1.807) is 0 Å².